The van der Waals surface area contributed by atoms with E-state index < -0.39 is 18.0 Å². The summed E-state index contributed by atoms with van der Waals surface area (Å²) in [6, 6.07) is 6.20. The molecule has 0 heterocycles. The van der Waals surface area contributed by atoms with Gasteiger partial charge in [-0.1, -0.05) is 56.2 Å². The summed E-state index contributed by atoms with van der Waals surface area (Å²) in [7, 11) is 0. The van der Waals surface area contributed by atoms with Crippen LogP contribution >= 0.6 is 11.8 Å². The van der Waals surface area contributed by atoms with Crippen molar-refractivity contribution in [2.45, 2.75) is 50.4 Å². The molecule has 3 N–H and O–H groups in total. The summed E-state index contributed by atoms with van der Waals surface area (Å²) in [6.07, 6.45) is 11.3. The number of aliphatic carboxylic acids is 1. The third kappa shape index (κ3) is 9.45. The summed E-state index contributed by atoms with van der Waals surface area (Å²) >= 11 is 1.34. The molecule has 0 fully saturated rings. The van der Waals surface area contributed by atoms with Crippen LogP contribution in [0.25, 0.3) is 0 Å². The molecule has 5 nitrogen and oxygen atoms in total. The number of benzene rings is 1. The van der Waals surface area contributed by atoms with Crippen LogP contribution in [0.3, 0.4) is 0 Å². The highest BCUT2D eigenvalue weighted by Crippen LogP contribution is 2.29. The van der Waals surface area contributed by atoms with Crippen LogP contribution in [0.1, 0.15) is 61.1 Å². The van der Waals surface area contributed by atoms with E-state index in [4.69, 9.17) is 10.2 Å². The first kappa shape index (κ1) is 23.0. The number of allylic oxidation sites excluding steroid dienone is 3. The fraction of sp³-hybridized carbons (Fsp3) is 0.429. The molecule has 27 heavy (non-hydrogen) atoms. The van der Waals surface area contributed by atoms with Crippen molar-refractivity contribution in [3.05, 3.63) is 59.7 Å². The molecular formula is C21H28O5S. The monoisotopic (exact) mass is 392 g/mol. The number of hydrogen-bond donors (Lipinski definition) is 3. The second-order valence-corrected chi connectivity index (χ2v) is 7.45. The molecule has 1 rings (SSSR count). The maximum atomic E-state index is 11.1. The highest BCUT2D eigenvalue weighted by atomic mass is 32.2. The topological polar surface area (TPSA) is 94.8 Å². The number of aliphatic hydroxyl groups is 1. The van der Waals surface area contributed by atoms with Gasteiger partial charge in [-0.05, 0) is 30.5 Å². The second kappa shape index (κ2) is 13.2. The Morgan fingerprint density at radius 1 is 1.19 bits per heavy atom. The average molecular weight is 393 g/mol. The third-order valence-electron chi connectivity index (χ3n) is 3.93. The van der Waals surface area contributed by atoms with E-state index in [1.54, 1.807) is 12.1 Å². The molecule has 2 atom stereocenters. The number of aliphatic hydroxyl groups excluding tert-OH is 1. The first-order valence-electron chi connectivity index (χ1n) is 9.13. The highest BCUT2D eigenvalue weighted by molar-refractivity contribution is 8.00. The SMILES string of the molecule is CCCCCC=CC=C[C@H](SCCC(=O)O)[C@H](O)c1cccc(C(=O)O)c1. The Hall–Kier alpha value is -2.05. The smallest absolute Gasteiger partial charge is 0.335 e. The zero-order valence-corrected chi connectivity index (χ0v) is 16.4. The number of aromatic carboxylic acids is 1. The van der Waals surface area contributed by atoms with Crippen molar-refractivity contribution in [1.82, 2.24) is 0 Å². The predicted octanol–water partition coefficient (Wildman–Crippen LogP) is 4.69. The zero-order valence-electron chi connectivity index (χ0n) is 15.6. The first-order valence-corrected chi connectivity index (χ1v) is 10.2. The lowest BCUT2D eigenvalue weighted by molar-refractivity contribution is -0.136. The fourth-order valence-corrected chi connectivity index (χ4v) is 3.55. The zero-order chi connectivity index (χ0) is 20.1. The normalized spacial score (nSPS) is 13.9. The minimum absolute atomic E-state index is 0.00372. The van der Waals surface area contributed by atoms with Crippen molar-refractivity contribution in [2.24, 2.45) is 0 Å². The van der Waals surface area contributed by atoms with Gasteiger partial charge in [-0.2, -0.15) is 11.8 Å². The molecule has 0 unspecified atom stereocenters. The van der Waals surface area contributed by atoms with Crippen LogP contribution < -0.4 is 0 Å². The quantitative estimate of drug-likeness (QED) is 0.333. The largest absolute Gasteiger partial charge is 0.481 e. The lowest BCUT2D eigenvalue weighted by Crippen LogP contribution is -2.15. The predicted molar refractivity (Wildman–Crippen MR) is 109 cm³/mol. The van der Waals surface area contributed by atoms with E-state index in [1.165, 1.54) is 36.7 Å². The maximum Gasteiger partial charge on any atom is 0.335 e. The summed E-state index contributed by atoms with van der Waals surface area (Å²) in [4.78, 5) is 21.9. The summed E-state index contributed by atoms with van der Waals surface area (Å²) in [5.41, 5.74) is 0.611. The van der Waals surface area contributed by atoms with Gasteiger partial charge in [0.25, 0.3) is 0 Å². The van der Waals surface area contributed by atoms with Crippen molar-refractivity contribution in [3.63, 3.8) is 0 Å². The van der Waals surface area contributed by atoms with Gasteiger partial charge >= 0.3 is 11.9 Å². The number of hydrogen-bond acceptors (Lipinski definition) is 4. The highest BCUT2D eigenvalue weighted by Gasteiger charge is 2.20. The van der Waals surface area contributed by atoms with Crippen molar-refractivity contribution >= 4 is 23.7 Å². The Morgan fingerprint density at radius 2 is 1.96 bits per heavy atom. The van der Waals surface area contributed by atoms with Crippen LogP contribution in [0.4, 0.5) is 0 Å². The molecule has 0 bridgehead atoms. The molecule has 0 aliphatic rings. The van der Waals surface area contributed by atoms with Gasteiger partial charge in [0, 0.05) is 5.75 Å². The Bertz CT molecular complexity index is 654. The van der Waals surface area contributed by atoms with Gasteiger partial charge in [-0.3, -0.25) is 4.79 Å². The lowest BCUT2D eigenvalue weighted by Gasteiger charge is -2.20. The Kier molecular flexibility index (Phi) is 11.2. The minimum Gasteiger partial charge on any atom is -0.481 e. The molecule has 0 radical (unpaired) electrons. The number of carbonyl (C=O) groups is 2. The van der Waals surface area contributed by atoms with E-state index >= 15 is 0 Å². The molecule has 0 amide bonds. The van der Waals surface area contributed by atoms with E-state index in [2.05, 4.69) is 13.0 Å². The Labute approximate surface area is 164 Å². The van der Waals surface area contributed by atoms with E-state index in [0.29, 0.717) is 11.3 Å². The summed E-state index contributed by atoms with van der Waals surface area (Å²) in [5, 5.41) is 28.3. The van der Waals surface area contributed by atoms with E-state index in [1.807, 2.05) is 18.2 Å². The molecule has 0 saturated carbocycles. The van der Waals surface area contributed by atoms with Gasteiger partial charge in [-0.25, -0.2) is 4.79 Å². The number of carboxylic acid groups (broad SMARTS) is 2. The number of rotatable bonds is 13. The first-order chi connectivity index (χ1) is 13.0. The number of unbranched alkanes of at least 4 members (excludes halogenated alkanes) is 3. The van der Waals surface area contributed by atoms with Crippen molar-refractivity contribution in [2.75, 3.05) is 5.75 Å². The molecule has 1 aromatic carbocycles. The van der Waals surface area contributed by atoms with Crippen molar-refractivity contribution < 1.29 is 24.9 Å². The van der Waals surface area contributed by atoms with Crippen LogP contribution in [0.2, 0.25) is 0 Å². The maximum absolute atomic E-state index is 11.1. The Balaban J connectivity index is 2.81. The van der Waals surface area contributed by atoms with Gasteiger partial charge < -0.3 is 15.3 Å². The van der Waals surface area contributed by atoms with E-state index in [9.17, 15) is 14.7 Å². The van der Waals surface area contributed by atoms with Gasteiger partial charge in [0.05, 0.1) is 23.3 Å². The van der Waals surface area contributed by atoms with E-state index in [-0.39, 0.29) is 17.2 Å². The van der Waals surface area contributed by atoms with Crippen LogP contribution in [0.15, 0.2) is 48.6 Å². The molecule has 0 aromatic heterocycles. The van der Waals surface area contributed by atoms with Gasteiger partial charge in [0.2, 0.25) is 0 Å². The molecule has 0 aliphatic heterocycles. The van der Waals surface area contributed by atoms with Crippen molar-refractivity contribution in [3.8, 4) is 0 Å². The third-order valence-corrected chi connectivity index (χ3v) is 5.17. The number of carboxylic acids is 2. The summed E-state index contributed by atoms with van der Waals surface area (Å²) < 4.78 is 0. The molecule has 6 heteroatoms. The molecule has 1 aromatic rings. The van der Waals surface area contributed by atoms with Crippen molar-refractivity contribution in [1.29, 1.82) is 0 Å². The van der Waals surface area contributed by atoms with Gasteiger partial charge in [-0.15, -0.1) is 0 Å². The standard InChI is InChI=1S/C21H28O5S/c1-2-3-4-5-6-7-8-12-18(27-14-13-19(22)23)20(24)16-10-9-11-17(15-16)21(25)26/h6-12,15,18,20,24H,2-5,13-14H2,1H3,(H,22,23)(H,25,26)/t18-,20+/m0/s1. The minimum atomic E-state index is -1.05. The molecular weight excluding hydrogens is 364 g/mol. The molecule has 0 saturated heterocycles. The molecule has 148 valence electrons. The van der Waals surface area contributed by atoms with Crippen LogP contribution in [0.5, 0.6) is 0 Å². The summed E-state index contributed by atoms with van der Waals surface area (Å²) in [6.45, 7) is 2.16. The lowest BCUT2D eigenvalue weighted by atomic mass is 10.0. The van der Waals surface area contributed by atoms with Crippen LogP contribution in [-0.4, -0.2) is 38.3 Å². The van der Waals surface area contributed by atoms with E-state index in [0.717, 1.165) is 12.8 Å². The summed E-state index contributed by atoms with van der Waals surface area (Å²) in [5.74, 6) is -1.58. The van der Waals surface area contributed by atoms with Crippen LogP contribution in [-0.2, 0) is 4.79 Å². The molecule has 0 aliphatic carbocycles. The fourth-order valence-electron chi connectivity index (χ4n) is 2.44. The number of thioether (sulfide) groups is 1. The second-order valence-electron chi connectivity index (χ2n) is 6.16. The molecule has 0 spiro atoms. The van der Waals surface area contributed by atoms with Crippen LogP contribution in [0, 0.1) is 0 Å². The Morgan fingerprint density at radius 3 is 2.63 bits per heavy atom. The van der Waals surface area contributed by atoms with Gasteiger partial charge in [0.1, 0.15) is 0 Å². The van der Waals surface area contributed by atoms with Gasteiger partial charge in [0.15, 0.2) is 0 Å². The average Bonchev–Trinajstić information content (AvgIpc) is 2.65.